The van der Waals surface area contributed by atoms with Gasteiger partial charge in [0.15, 0.2) is 5.75 Å². The standard InChI is InChI=1S/C24H20B.C15H25OP/c1-5-13-21(14-6-1)25(22-15-7-2-8-16-22,23-17-9-3-10-18-23)24-19-11-4-12-20-24;1-14(2,3)17(15(4,5)6)13-11-9-8-10-12(13)16-7/h1-20H;8-11H,1-7H3/q-1;/p+1. The zero-order valence-corrected chi connectivity index (χ0v) is 27.3. The molecule has 0 saturated heterocycles. The van der Waals surface area contributed by atoms with Crippen LogP contribution < -0.4 is 31.9 Å². The Morgan fingerprint density at radius 3 is 1.00 bits per heavy atom. The molecule has 0 heterocycles. The van der Waals surface area contributed by atoms with Gasteiger partial charge < -0.3 is 4.74 Å². The average molecular weight is 573 g/mol. The molecule has 0 aromatic heterocycles. The zero-order chi connectivity index (χ0) is 30.2. The van der Waals surface area contributed by atoms with E-state index in [0.717, 1.165) is 5.75 Å². The van der Waals surface area contributed by atoms with Crippen molar-refractivity contribution >= 4 is 41.2 Å². The highest BCUT2D eigenvalue weighted by molar-refractivity contribution is 7.68. The van der Waals surface area contributed by atoms with Crippen LogP contribution in [0, 0.1) is 0 Å². The Bertz CT molecular complexity index is 1330. The number of rotatable bonds is 6. The molecule has 0 spiro atoms. The van der Waals surface area contributed by atoms with Crippen molar-refractivity contribution in [2.24, 2.45) is 0 Å². The predicted molar refractivity (Wildman–Crippen MR) is 191 cm³/mol. The fraction of sp³-hybridized carbons (Fsp3) is 0.231. The van der Waals surface area contributed by atoms with Crippen LogP contribution in [-0.2, 0) is 0 Å². The molecule has 0 fully saturated rings. The minimum absolute atomic E-state index is 0.317. The van der Waals surface area contributed by atoms with Crippen molar-refractivity contribution in [1.29, 1.82) is 0 Å². The molecule has 0 amide bonds. The maximum absolute atomic E-state index is 5.54. The summed E-state index contributed by atoms with van der Waals surface area (Å²) in [5.41, 5.74) is 5.36. The van der Waals surface area contributed by atoms with Crippen LogP contribution >= 0.6 is 7.92 Å². The van der Waals surface area contributed by atoms with Crippen LogP contribution in [0.5, 0.6) is 5.75 Å². The third kappa shape index (κ3) is 6.88. The third-order valence-corrected chi connectivity index (χ3v) is 12.0. The molecular weight excluding hydrogens is 526 g/mol. The van der Waals surface area contributed by atoms with Crippen molar-refractivity contribution in [3.05, 3.63) is 146 Å². The number of benzene rings is 5. The number of para-hydroxylation sites is 1. The second kappa shape index (κ2) is 13.6. The van der Waals surface area contributed by atoms with Gasteiger partial charge in [0.2, 0.25) is 0 Å². The lowest BCUT2D eigenvalue weighted by Crippen LogP contribution is -2.74. The van der Waals surface area contributed by atoms with Gasteiger partial charge in [0.05, 0.1) is 17.4 Å². The van der Waals surface area contributed by atoms with Crippen LogP contribution in [0.1, 0.15) is 41.5 Å². The Hall–Kier alpha value is -3.61. The fourth-order valence-corrected chi connectivity index (χ4v) is 11.5. The average Bonchev–Trinajstić information content (AvgIpc) is 2.99. The summed E-state index contributed by atoms with van der Waals surface area (Å²) in [6.45, 7) is 14.1. The van der Waals surface area contributed by atoms with Crippen LogP contribution in [0.3, 0.4) is 0 Å². The van der Waals surface area contributed by atoms with Gasteiger partial charge in [-0.1, -0.05) is 133 Å². The number of hydrogen-bond donors (Lipinski definition) is 0. The number of ether oxygens (including phenoxy) is 1. The first-order valence-corrected chi connectivity index (χ1v) is 16.5. The van der Waals surface area contributed by atoms with Gasteiger partial charge in [0.25, 0.3) is 0 Å². The zero-order valence-electron chi connectivity index (χ0n) is 26.3. The molecular formula is C39H46BOP. The lowest BCUT2D eigenvalue weighted by molar-refractivity contribution is 0.418. The van der Waals surface area contributed by atoms with Crippen LogP contribution in [0.2, 0.25) is 0 Å². The SMILES string of the molecule is COc1ccccc1[PH+](C(C)(C)C)C(C)(C)C.c1ccc([B-](c2ccccc2)(c2ccccc2)c2ccccc2)cc1. The lowest BCUT2D eigenvalue weighted by Gasteiger charge is -2.44. The van der Waals surface area contributed by atoms with E-state index in [2.05, 4.69) is 181 Å². The van der Waals surface area contributed by atoms with Crippen molar-refractivity contribution in [3.63, 3.8) is 0 Å². The van der Waals surface area contributed by atoms with Gasteiger partial charge >= 0.3 is 0 Å². The largest absolute Gasteiger partial charge is 0.493 e. The Morgan fingerprint density at radius 1 is 0.429 bits per heavy atom. The molecule has 0 aliphatic heterocycles. The highest BCUT2D eigenvalue weighted by Gasteiger charge is 2.45. The smallest absolute Gasteiger partial charge is 0.160 e. The van der Waals surface area contributed by atoms with Crippen molar-refractivity contribution < 1.29 is 4.74 Å². The first kappa shape index (κ1) is 31.3. The van der Waals surface area contributed by atoms with Gasteiger partial charge in [-0.05, 0) is 53.7 Å². The van der Waals surface area contributed by atoms with Crippen molar-refractivity contribution in [3.8, 4) is 5.75 Å². The van der Waals surface area contributed by atoms with Crippen LogP contribution in [-0.4, -0.2) is 23.6 Å². The summed E-state index contributed by atoms with van der Waals surface area (Å²) in [6, 6.07) is 52.0. The van der Waals surface area contributed by atoms with E-state index in [9.17, 15) is 0 Å². The van der Waals surface area contributed by atoms with Gasteiger partial charge in [0, 0.05) is 7.92 Å². The molecule has 1 nitrogen and oxygen atoms in total. The summed E-state index contributed by atoms with van der Waals surface area (Å²) >= 11 is 0. The molecule has 0 bridgehead atoms. The number of methoxy groups -OCH3 is 1. The molecule has 3 heteroatoms. The van der Waals surface area contributed by atoms with Gasteiger partial charge in [-0.15, -0.1) is 0 Å². The summed E-state index contributed by atoms with van der Waals surface area (Å²) in [5, 5.41) is 2.05. The quantitative estimate of drug-likeness (QED) is 0.155. The fourth-order valence-electron chi connectivity index (χ4n) is 6.91. The minimum Gasteiger partial charge on any atom is -0.493 e. The van der Waals surface area contributed by atoms with Crippen LogP contribution in [0.15, 0.2) is 146 Å². The van der Waals surface area contributed by atoms with E-state index in [-0.39, 0.29) is 0 Å². The lowest BCUT2D eigenvalue weighted by atomic mass is 9.13. The minimum atomic E-state index is -1.22. The summed E-state index contributed by atoms with van der Waals surface area (Å²) in [4.78, 5) is 0. The molecule has 0 aliphatic rings. The van der Waals surface area contributed by atoms with E-state index in [1.54, 1.807) is 7.11 Å². The Labute approximate surface area is 255 Å². The Kier molecular flexibility index (Phi) is 10.1. The normalized spacial score (nSPS) is 11.9. The maximum atomic E-state index is 5.54. The van der Waals surface area contributed by atoms with E-state index in [1.807, 2.05) is 6.07 Å². The van der Waals surface area contributed by atoms with Gasteiger partial charge in [-0.25, -0.2) is 0 Å². The summed E-state index contributed by atoms with van der Waals surface area (Å²) in [6.07, 6.45) is -1.22. The maximum Gasteiger partial charge on any atom is 0.160 e. The van der Waals surface area contributed by atoms with E-state index in [1.165, 1.54) is 27.2 Å². The molecule has 216 valence electrons. The Balaban J connectivity index is 0.000000209. The highest BCUT2D eigenvalue weighted by atomic mass is 31.1. The second-order valence-electron chi connectivity index (χ2n) is 13.1. The van der Waals surface area contributed by atoms with E-state index in [4.69, 9.17) is 4.74 Å². The van der Waals surface area contributed by atoms with Crippen LogP contribution in [0.4, 0.5) is 0 Å². The highest BCUT2D eigenvalue weighted by Crippen LogP contribution is 2.59. The summed E-state index contributed by atoms with van der Waals surface area (Å²) in [7, 11) is 1.05. The van der Waals surface area contributed by atoms with E-state index in [0.29, 0.717) is 10.3 Å². The van der Waals surface area contributed by atoms with Gasteiger partial charge in [0.1, 0.15) is 11.5 Å². The van der Waals surface area contributed by atoms with Crippen molar-refractivity contribution in [2.75, 3.05) is 7.11 Å². The summed E-state index contributed by atoms with van der Waals surface area (Å²) in [5.74, 6) is 1.05. The third-order valence-electron chi connectivity index (χ3n) is 8.07. The topological polar surface area (TPSA) is 9.23 Å². The molecule has 5 rings (SSSR count). The second-order valence-corrected chi connectivity index (χ2v) is 17.4. The van der Waals surface area contributed by atoms with Crippen molar-refractivity contribution in [1.82, 2.24) is 0 Å². The summed E-state index contributed by atoms with van der Waals surface area (Å²) < 4.78 is 5.54. The first-order chi connectivity index (χ1) is 20.1. The molecule has 0 atom stereocenters. The van der Waals surface area contributed by atoms with E-state index >= 15 is 0 Å². The molecule has 0 unspecified atom stereocenters. The molecule has 0 N–H and O–H groups in total. The molecule has 5 aromatic carbocycles. The first-order valence-electron chi connectivity index (χ1n) is 15.0. The van der Waals surface area contributed by atoms with Crippen molar-refractivity contribution in [2.45, 2.75) is 51.9 Å². The number of hydrogen-bond acceptors (Lipinski definition) is 1. The van der Waals surface area contributed by atoms with E-state index < -0.39 is 14.1 Å². The van der Waals surface area contributed by atoms with Gasteiger partial charge in [-0.2, -0.15) is 21.9 Å². The van der Waals surface area contributed by atoms with Crippen LogP contribution in [0.25, 0.3) is 0 Å². The van der Waals surface area contributed by atoms with Gasteiger partial charge in [-0.3, -0.25) is 0 Å². The molecule has 0 radical (unpaired) electrons. The molecule has 0 aliphatic carbocycles. The Morgan fingerprint density at radius 2 is 0.714 bits per heavy atom. The monoisotopic (exact) mass is 572 g/mol. The predicted octanol–water partition coefficient (Wildman–Crippen LogP) is 7.20. The molecule has 42 heavy (non-hydrogen) atoms. The molecule has 0 saturated carbocycles. The molecule has 5 aromatic rings.